The summed E-state index contributed by atoms with van der Waals surface area (Å²) in [6, 6.07) is 17.5. The number of hydrogen-bond acceptors (Lipinski definition) is 3. The Balaban J connectivity index is 0.00000264. The van der Waals surface area contributed by atoms with Gasteiger partial charge < -0.3 is 15.4 Å². The quantitative estimate of drug-likeness (QED) is 0.809. The zero-order chi connectivity index (χ0) is 15.8. The smallest absolute Gasteiger partial charge is 0.239 e. The zero-order valence-electron chi connectivity index (χ0n) is 13.4. The molecule has 5 heteroatoms. The number of anilines is 1. The van der Waals surface area contributed by atoms with Crippen molar-refractivity contribution in [3.8, 4) is 5.75 Å². The van der Waals surface area contributed by atoms with Crippen LogP contribution in [0, 0.1) is 0 Å². The second-order valence-corrected chi connectivity index (χ2v) is 5.02. The summed E-state index contributed by atoms with van der Waals surface area (Å²) < 4.78 is 5.15. The number of halogens is 1. The Morgan fingerprint density at radius 1 is 1.09 bits per heavy atom. The van der Waals surface area contributed by atoms with Crippen LogP contribution in [0.3, 0.4) is 0 Å². The minimum absolute atomic E-state index is 0. The van der Waals surface area contributed by atoms with Crippen LogP contribution in [0.5, 0.6) is 5.75 Å². The molecule has 4 nitrogen and oxygen atoms in total. The van der Waals surface area contributed by atoms with Gasteiger partial charge in [-0.15, -0.1) is 12.4 Å². The number of carbonyl (C=O) groups excluding carboxylic acids is 1. The number of carbonyl (C=O) groups is 1. The normalized spacial score (nSPS) is 11.0. The zero-order valence-corrected chi connectivity index (χ0v) is 14.2. The Morgan fingerprint density at radius 2 is 1.74 bits per heavy atom. The molecule has 1 unspecified atom stereocenters. The van der Waals surface area contributed by atoms with Crippen molar-refractivity contribution in [2.24, 2.45) is 0 Å². The van der Waals surface area contributed by atoms with Crippen LogP contribution >= 0.6 is 12.4 Å². The second-order valence-electron chi connectivity index (χ2n) is 5.02. The molecule has 0 aliphatic rings. The monoisotopic (exact) mass is 334 g/mol. The van der Waals surface area contributed by atoms with Crippen molar-refractivity contribution in [2.75, 3.05) is 19.0 Å². The van der Waals surface area contributed by atoms with Crippen LogP contribution in [0.15, 0.2) is 54.6 Å². The van der Waals surface area contributed by atoms with E-state index in [4.69, 9.17) is 4.74 Å². The molecular formula is C18H23ClN2O2. The number of amides is 1. The van der Waals surface area contributed by atoms with Crippen molar-refractivity contribution in [2.45, 2.75) is 19.4 Å². The maximum Gasteiger partial charge on any atom is 0.239 e. The van der Waals surface area contributed by atoms with E-state index >= 15 is 0 Å². The number of rotatable bonds is 7. The van der Waals surface area contributed by atoms with Crippen molar-refractivity contribution >= 4 is 24.0 Å². The molecule has 0 aliphatic carbocycles. The average Bonchev–Trinajstić information content (AvgIpc) is 2.59. The molecule has 2 N–H and O–H groups in total. The predicted octanol–water partition coefficient (Wildman–Crippen LogP) is 3.80. The summed E-state index contributed by atoms with van der Waals surface area (Å²) in [5.41, 5.74) is 2.02. The van der Waals surface area contributed by atoms with Gasteiger partial charge in [-0.1, -0.05) is 37.3 Å². The van der Waals surface area contributed by atoms with Crippen molar-refractivity contribution in [1.82, 2.24) is 5.32 Å². The van der Waals surface area contributed by atoms with Gasteiger partial charge in [-0.25, -0.2) is 0 Å². The van der Waals surface area contributed by atoms with Gasteiger partial charge in [0.15, 0.2) is 0 Å². The molecule has 0 fully saturated rings. The van der Waals surface area contributed by atoms with E-state index in [0.717, 1.165) is 23.4 Å². The van der Waals surface area contributed by atoms with Gasteiger partial charge in [0.2, 0.25) is 5.91 Å². The highest BCUT2D eigenvalue weighted by atomic mass is 35.5. The highest BCUT2D eigenvalue weighted by Crippen LogP contribution is 2.20. The highest BCUT2D eigenvalue weighted by Gasteiger charge is 2.12. The van der Waals surface area contributed by atoms with Gasteiger partial charge >= 0.3 is 0 Å². The molecule has 0 bridgehead atoms. The van der Waals surface area contributed by atoms with Gasteiger partial charge in [0.1, 0.15) is 5.75 Å². The van der Waals surface area contributed by atoms with Gasteiger partial charge in [-0.05, 0) is 36.2 Å². The van der Waals surface area contributed by atoms with Crippen molar-refractivity contribution in [1.29, 1.82) is 0 Å². The van der Waals surface area contributed by atoms with E-state index in [1.165, 1.54) is 0 Å². The minimum atomic E-state index is -0.0217. The predicted molar refractivity (Wildman–Crippen MR) is 96.3 cm³/mol. The van der Waals surface area contributed by atoms with Gasteiger partial charge in [0, 0.05) is 5.69 Å². The Kier molecular flexibility index (Phi) is 7.98. The fraction of sp³-hybridized carbons (Fsp3) is 0.278. The first-order valence-electron chi connectivity index (χ1n) is 7.45. The molecule has 2 aromatic rings. The summed E-state index contributed by atoms with van der Waals surface area (Å²) in [7, 11) is 1.64. The molecule has 0 aromatic heterocycles. The van der Waals surface area contributed by atoms with Gasteiger partial charge in [0.25, 0.3) is 0 Å². The molecule has 0 saturated heterocycles. The van der Waals surface area contributed by atoms with E-state index in [-0.39, 0.29) is 30.9 Å². The third-order valence-corrected chi connectivity index (χ3v) is 3.49. The summed E-state index contributed by atoms with van der Waals surface area (Å²) in [6.07, 6.45) is 0.837. The summed E-state index contributed by atoms with van der Waals surface area (Å²) in [6.45, 7) is 2.32. The van der Waals surface area contributed by atoms with Crippen LogP contribution in [0.1, 0.15) is 24.9 Å². The van der Waals surface area contributed by atoms with Crippen LogP contribution in [-0.2, 0) is 4.79 Å². The number of methoxy groups -OCH3 is 1. The van der Waals surface area contributed by atoms with Crippen LogP contribution in [0.25, 0.3) is 0 Å². The fourth-order valence-electron chi connectivity index (χ4n) is 2.24. The second kappa shape index (κ2) is 9.74. The lowest BCUT2D eigenvalue weighted by Crippen LogP contribution is -2.33. The third kappa shape index (κ3) is 5.83. The lowest BCUT2D eigenvalue weighted by Gasteiger charge is -2.18. The van der Waals surface area contributed by atoms with Crippen LogP contribution in [-0.4, -0.2) is 19.6 Å². The van der Waals surface area contributed by atoms with E-state index < -0.39 is 0 Å². The number of hydrogen-bond donors (Lipinski definition) is 2. The summed E-state index contributed by atoms with van der Waals surface area (Å²) in [5, 5.41) is 6.16. The first-order chi connectivity index (χ1) is 10.7. The molecule has 1 atom stereocenters. The topological polar surface area (TPSA) is 50.4 Å². The molecule has 0 spiro atoms. The van der Waals surface area contributed by atoms with Gasteiger partial charge in [-0.2, -0.15) is 0 Å². The van der Waals surface area contributed by atoms with Crippen molar-refractivity contribution in [3.05, 3.63) is 60.2 Å². The number of para-hydroxylation sites is 1. The van der Waals surface area contributed by atoms with Crippen LogP contribution in [0.2, 0.25) is 0 Å². The maximum absolute atomic E-state index is 12.1. The van der Waals surface area contributed by atoms with Gasteiger partial charge in [-0.3, -0.25) is 4.79 Å². The molecule has 1 amide bonds. The van der Waals surface area contributed by atoms with E-state index in [2.05, 4.69) is 17.6 Å². The van der Waals surface area contributed by atoms with E-state index in [1.54, 1.807) is 7.11 Å². The molecule has 0 heterocycles. The van der Waals surface area contributed by atoms with Crippen LogP contribution < -0.4 is 15.4 Å². The highest BCUT2D eigenvalue weighted by molar-refractivity contribution is 5.85. The van der Waals surface area contributed by atoms with E-state index in [0.29, 0.717) is 0 Å². The Labute approximate surface area is 143 Å². The number of ether oxygens (including phenoxy) is 1. The molecule has 2 rings (SSSR count). The maximum atomic E-state index is 12.1. The Hall–Kier alpha value is -2.20. The lowest BCUT2D eigenvalue weighted by molar-refractivity contribution is -0.120. The van der Waals surface area contributed by atoms with Gasteiger partial charge in [0.05, 0.1) is 19.7 Å². The first kappa shape index (κ1) is 18.8. The van der Waals surface area contributed by atoms with Crippen LogP contribution in [0.4, 0.5) is 5.69 Å². The van der Waals surface area contributed by atoms with E-state index in [1.807, 2.05) is 54.6 Å². The molecule has 0 radical (unpaired) electrons. The molecule has 124 valence electrons. The SMILES string of the molecule is CCC(NC(=O)CNc1ccccc1)c1ccc(OC)cc1.Cl. The number of benzene rings is 2. The van der Waals surface area contributed by atoms with Crippen molar-refractivity contribution < 1.29 is 9.53 Å². The lowest BCUT2D eigenvalue weighted by atomic mass is 10.0. The standard InChI is InChI=1S/C18H22N2O2.ClH/c1-3-17(14-9-11-16(22-2)12-10-14)20-18(21)13-19-15-7-5-4-6-8-15;/h4-12,17,19H,3,13H2,1-2H3,(H,20,21);1H. The largest absolute Gasteiger partial charge is 0.497 e. The Morgan fingerprint density at radius 3 is 2.30 bits per heavy atom. The average molecular weight is 335 g/mol. The first-order valence-corrected chi connectivity index (χ1v) is 7.45. The molecule has 0 saturated carbocycles. The molecular weight excluding hydrogens is 312 g/mol. The summed E-state index contributed by atoms with van der Waals surface area (Å²) in [4.78, 5) is 12.1. The summed E-state index contributed by atoms with van der Waals surface area (Å²) in [5.74, 6) is 0.794. The summed E-state index contributed by atoms with van der Waals surface area (Å²) >= 11 is 0. The molecule has 23 heavy (non-hydrogen) atoms. The minimum Gasteiger partial charge on any atom is -0.497 e. The molecule has 0 aliphatic heterocycles. The fourth-order valence-corrected chi connectivity index (χ4v) is 2.24. The molecule has 2 aromatic carbocycles. The third-order valence-electron chi connectivity index (χ3n) is 3.49. The Bertz CT molecular complexity index is 588. The van der Waals surface area contributed by atoms with Crippen molar-refractivity contribution in [3.63, 3.8) is 0 Å². The number of nitrogens with one attached hydrogen (secondary N) is 2. The van der Waals surface area contributed by atoms with E-state index in [9.17, 15) is 4.79 Å².